The number of amides is 1. The van der Waals surface area contributed by atoms with E-state index in [1.54, 1.807) is 28.2 Å². The van der Waals surface area contributed by atoms with E-state index in [1.807, 2.05) is 19.9 Å². The molecule has 1 aliphatic carbocycles. The van der Waals surface area contributed by atoms with Crippen LogP contribution in [0.25, 0.3) is 5.65 Å². The Morgan fingerprint density at radius 2 is 2.30 bits per heavy atom. The Kier molecular flexibility index (Phi) is 3.37. The van der Waals surface area contributed by atoms with Gasteiger partial charge in [-0.3, -0.25) is 4.79 Å². The minimum atomic E-state index is -0.115. The van der Waals surface area contributed by atoms with Gasteiger partial charge in [0.1, 0.15) is 0 Å². The summed E-state index contributed by atoms with van der Waals surface area (Å²) in [6, 6.07) is 1.81. The lowest BCUT2D eigenvalue weighted by Crippen LogP contribution is -2.32. The Morgan fingerprint density at radius 1 is 1.43 bits per heavy atom. The third-order valence-electron chi connectivity index (χ3n) is 4.27. The maximum Gasteiger partial charge on any atom is 0.255 e. The van der Waals surface area contributed by atoms with Crippen LogP contribution in [0.15, 0.2) is 18.5 Å². The lowest BCUT2D eigenvalue weighted by Gasteiger charge is -2.22. The number of aryl methyl sites for hydroxylation is 3. The van der Waals surface area contributed by atoms with Gasteiger partial charge in [0, 0.05) is 17.1 Å². The molecule has 0 fully saturated rings. The van der Waals surface area contributed by atoms with Gasteiger partial charge in [-0.1, -0.05) is 0 Å². The predicted molar refractivity (Wildman–Crippen MR) is 87.7 cm³/mol. The number of hydrogen-bond acceptors (Lipinski definition) is 5. The number of thiazole rings is 1. The largest absolute Gasteiger partial charge is 0.344 e. The second-order valence-electron chi connectivity index (χ2n) is 5.82. The molecule has 6 nitrogen and oxygen atoms in total. The molecule has 118 valence electrons. The zero-order chi connectivity index (χ0) is 16.0. The van der Waals surface area contributed by atoms with E-state index in [1.165, 1.54) is 4.88 Å². The molecule has 0 spiro atoms. The van der Waals surface area contributed by atoms with Gasteiger partial charge in [-0.2, -0.15) is 5.10 Å². The normalized spacial score (nSPS) is 17.2. The summed E-state index contributed by atoms with van der Waals surface area (Å²) >= 11 is 1.73. The van der Waals surface area contributed by atoms with Crippen molar-refractivity contribution in [1.29, 1.82) is 0 Å². The zero-order valence-corrected chi connectivity index (χ0v) is 13.9. The summed E-state index contributed by atoms with van der Waals surface area (Å²) in [5.74, 6) is -0.115. The van der Waals surface area contributed by atoms with E-state index < -0.39 is 0 Å². The lowest BCUT2D eigenvalue weighted by atomic mass is 9.97. The Labute approximate surface area is 137 Å². The Balaban J connectivity index is 1.64. The van der Waals surface area contributed by atoms with Crippen LogP contribution >= 0.6 is 11.3 Å². The molecule has 1 aliphatic rings. The number of hydrogen-bond donors (Lipinski definition) is 1. The molecule has 7 heteroatoms. The van der Waals surface area contributed by atoms with Crippen LogP contribution in [-0.4, -0.2) is 25.5 Å². The smallest absolute Gasteiger partial charge is 0.255 e. The van der Waals surface area contributed by atoms with Crippen LogP contribution in [0.5, 0.6) is 0 Å². The Bertz CT molecular complexity index is 897. The molecular weight excluding hydrogens is 310 g/mol. The first-order valence-electron chi connectivity index (χ1n) is 7.70. The standard InChI is InChI=1S/C16H17N5OS/c1-9-11(8-17-14-6-7-18-21(9)14)16(22)20-12-4-3-5-13-15(12)19-10(2)23-13/h6-8,12H,3-5H2,1-2H3,(H,20,22). The van der Waals surface area contributed by atoms with E-state index in [9.17, 15) is 4.79 Å². The van der Waals surface area contributed by atoms with Crippen molar-refractivity contribution in [3.8, 4) is 0 Å². The van der Waals surface area contributed by atoms with Crippen LogP contribution in [0.3, 0.4) is 0 Å². The summed E-state index contributed by atoms with van der Waals surface area (Å²) in [6.07, 6.45) is 6.38. The molecule has 0 aromatic carbocycles. The van der Waals surface area contributed by atoms with Gasteiger partial charge in [-0.15, -0.1) is 11.3 Å². The Hall–Kier alpha value is -2.28. The summed E-state index contributed by atoms with van der Waals surface area (Å²) in [7, 11) is 0. The predicted octanol–water partition coefficient (Wildman–Crippen LogP) is 2.61. The third-order valence-corrected chi connectivity index (χ3v) is 5.31. The number of nitrogens with one attached hydrogen (secondary N) is 1. The van der Waals surface area contributed by atoms with Crippen LogP contribution in [0.4, 0.5) is 0 Å². The van der Waals surface area contributed by atoms with Gasteiger partial charge in [-0.05, 0) is 33.1 Å². The maximum atomic E-state index is 12.7. The molecular formula is C16H17N5OS. The van der Waals surface area contributed by atoms with Gasteiger partial charge in [0.2, 0.25) is 0 Å². The van der Waals surface area contributed by atoms with Gasteiger partial charge >= 0.3 is 0 Å². The van der Waals surface area contributed by atoms with Crippen molar-refractivity contribution < 1.29 is 4.79 Å². The van der Waals surface area contributed by atoms with Crippen LogP contribution in [-0.2, 0) is 6.42 Å². The summed E-state index contributed by atoms with van der Waals surface area (Å²) in [5, 5.41) is 8.40. The minimum Gasteiger partial charge on any atom is -0.344 e. The molecule has 1 amide bonds. The Morgan fingerprint density at radius 3 is 3.17 bits per heavy atom. The topological polar surface area (TPSA) is 72.2 Å². The highest BCUT2D eigenvalue weighted by atomic mass is 32.1. The van der Waals surface area contributed by atoms with Crippen LogP contribution < -0.4 is 5.32 Å². The first-order chi connectivity index (χ1) is 11.1. The SMILES string of the molecule is Cc1nc2c(s1)CCCC2NC(=O)c1cnc2ccnn2c1C. The highest BCUT2D eigenvalue weighted by Crippen LogP contribution is 2.33. The molecule has 3 aromatic heterocycles. The van der Waals surface area contributed by atoms with Crippen molar-refractivity contribution >= 4 is 22.9 Å². The summed E-state index contributed by atoms with van der Waals surface area (Å²) in [6.45, 7) is 3.90. The van der Waals surface area contributed by atoms with E-state index in [0.717, 1.165) is 41.3 Å². The number of rotatable bonds is 2. The van der Waals surface area contributed by atoms with Gasteiger partial charge < -0.3 is 5.32 Å². The fourth-order valence-electron chi connectivity index (χ4n) is 3.13. The monoisotopic (exact) mass is 327 g/mol. The molecule has 3 aromatic rings. The van der Waals surface area contributed by atoms with E-state index in [2.05, 4.69) is 20.4 Å². The van der Waals surface area contributed by atoms with E-state index in [0.29, 0.717) is 5.56 Å². The van der Waals surface area contributed by atoms with Gasteiger partial charge in [0.05, 0.1) is 34.2 Å². The average molecular weight is 327 g/mol. The number of carbonyl (C=O) groups excluding carboxylic acids is 1. The van der Waals surface area contributed by atoms with Crippen LogP contribution in [0.1, 0.15) is 50.5 Å². The first-order valence-corrected chi connectivity index (χ1v) is 8.51. The zero-order valence-electron chi connectivity index (χ0n) is 13.0. The van der Waals surface area contributed by atoms with Crippen molar-refractivity contribution in [2.75, 3.05) is 0 Å². The second-order valence-corrected chi connectivity index (χ2v) is 7.11. The molecule has 1 atom stereocenters. The number of carbonyl (C=O) groups is 1. The minimum absolute atomic E-state index is 0.0103. The molecule has 1 unspecified atom stereocenters. The molecule has 1 N–H and O–H groups in total. The van der Waals surface area contributed by atoms with Crippen molar-refractivity contribution in [2.24, 2.45) is 0 Å². The van der Waals surface area contributed by atoms with Crippen molar-refractivity contribution in [1.82, 2.24) is 24.9 Å². The molecule has 0 aliphatic heterocycles. The van der Waals surface area contributed by atoms with Gasteiger partial charge in [0.25, 0.3) is 5.91 Å². The second kappa shape index (κ2) is 5.42. The molecule has 0 saturated carbocycles. The molecule has 0 bridgehead atoms. The number of nitrogens with zero attached hydrogens (tertiary/aromatic N) is 4. The molecule has 3 heterocycles. The fraction of sp³-hybridized carbons (Fsp3) is 0.375. The highest BCUT2D eigenvalue weighted by Gasteiger charge is 2.26. The fourth-order valence-corrected chi connectivity index (χ4v) is 4.17. The van der Waals surface area contributed by atoms with Crippen molar-refractivity contribution in [2.45, 2.75) is 39.2 Å². The first kappa shape index (κ1) is 14.3. The van der Waals surface area contributed by atoms with Crippen molar-refractivity contribution in [3.63, 3.8) is 0 Å². The van der Waals surface area contributed by atoms with E-state index >= 15 is 0 Å². The number of aromatic nitrogens is 4. The summed E-state index contributed by atoms with van der Waals surface area (Å²) in [4.78, 5) is 22.9. The molecule has 0 saturated heterocycles. The van der Waals surface area contributed by atoms with Gasteiger partial charge in [0.15, 0.2) is 5.65 Å². The highest BCUT2D eigenvalue weighted by molar-refractivity contribution is 7.11. The van der Waals surface area contributed by atoms with E-state index in [4.69, 9.17) is 0 Å². The third kappa shape index (κ3) is 2.41. The lowest BCUT2D eigenvalue weighted by molar-refractivity contribution is 0.0930. The van der Waals surface area contributed by atoms with Crippen LogP contribution in [0.2, 0.25) is 0 Å². The average Bonchev–Trinajstić information content (AvgIpc) is 3.13. The molecule has 4 rings (SSSR count). The van der Waals surface area contributed by atoms with Crippen molar-refractivity contribution in [3.05, 3.63) is 45.3 Å². The molecule has 0 radical (unpaired) electrons. The molecule has 23 heavy (non-hydrogen) atoms. The number of fused-ring (bicyclic) bond motifs is 2. The summed E-state index contributed by atoms with van der Waals surface area (Å²) < 4.78 is 1.69. The van der Waals surface area contributed by atoms with Crippen LogP contribution in [0, 0.1) is 13.8 Å². The summed E-state index contributed by atoms with van der Waals surface area (Å²) in [5.41, 5.74) is 3.13. The van der Waals surface area contributed by atoms with Gasteiger partial charge in [-0.25, -0.2) is 14.5 Å². The quantitative estimate of drug-likeness (QED) is 0.785. The maximum absolute atomic E-state index is 12.7. The van der Waals surface area contributed by atoms with E-state index in [-0.39, 0.29) is 11.9 Å².